The van der Waals surface area contributed by atoms with Crippen LogP contribution in [0.1, 0.15) is 36.2 Å². The quantitative estimate of drug-likeness (QED) is 0.923. The van der Waals surface area contributed by atoms with E-state index in [1.165, 1.54) is 23.2 Å². The van der Waals surface area contributed by atoms with Crippen LogP contribution in [0, 0.1) is 17.6 Å². The average molecular weight is 349 g/mol. The van der Waals surface area contributed by atoms with E-state index in [9.17, 15) is 18.7 Å². The molecule has 1 heterocycles. The molecule has 1 aliphatic carbocycles. The Morgan fingerprint density at radius 3 is 2.64 bits per heavy atom. The predicted octanol–water partition coefficient (Wildman–Crippen LogP) is 2.77. The van der Waals surface area contributed by atoms with Gasteiger partial charge in [0.15, 0.2) is 17.3 Å². The number of aliphatic hydroxyl groups is 1. The molecule has 1 fully saturated rings. The smallest absolute Gasteiger partial charge is 0.274 e. The zero-order valence-electron chi connectivity index (χ0n) is 14.0. The van der Waals surface area contributed by atoms with Crippen LogP contribution in [0.25, 0.3) is 5.69 Å². The van der Waals surface area contributed by atoms with Crippen LogP contribution >= 0.6 is 0 Å². The molecule has 134 valence electrons. The molecule has 0 spiro atoms. The van der Waals surface area contributed by atoms with Crippen LogP contribution in [0.15, 0.2) is 30.5 Å². The summed E-state index contributed by atoms with van der Waals surface area (Å²) < 4.78 is 28.7. The molecule has 1 aromatic heterocycles. The van der Waals surface area contributed by atoms with E-state index in [2.05, 4.69) is 5.10 Å². The van der Waals surface area contributed by atoms with Gasteiger partial charge in [0.1, 0.15) is 5.69 Å². The number of hydrogen-bond donors (Lipinski definition) is 1. The predicted molar refractivity (Wildman–Crippen MR) is 88.4 cm³/mol. The second kappa shape index (κ2) is 7.31. The summed E-state index contributed by atoms with van der Waals surface area (Å²) in [5, 5.41) is 14.1. The van der Waals surface area contributed by atoms with Crippen molar-refractivity contribution in [3.05, 3.63) is 47.8 Å². The van der Waals surface area contributed by atoms with E-state index in [1.54, 1.807) is 7.05 Å². The van der Waals surface area contributed by atoms with Crippen LogP contribution in [0.4, 0.5) is 8.78 Å². The maximum Gasteiger partial charge on any atom is 0.274 e. The first-order valence-corrected chi connectivity index (χ1v) is 8.41. The van der Waals surface area contributed by atoms with Crippen molar-refractivity contribution in [2.75, 3.05) is 13.6 Å². The Hall–Kier alpha value is -2.28. The van der Waals surface area contributed by atoms with Crippen LogP contribution < -0.4 is 0 Å². The molecule has 1 amide bonds. The summed E-state index contributed by atoms with van der Waals surface area (Å²) in [6.07, 6.45) is 4.66. The van der Waals surface area contributed by atoms with Gasteiger partial charge < -0.3 is 10.0 Å². The van der Waals surface area contributed by atoms with Crippen molar-refractivity contribution in [3.63, 3.8) is 0 Å². The van der Waals surface area contributed by atoms with Crippen LogP contribution in [0.2, 0.25) is 0 Å². The lowest BCUT2D eigenvalue weighted by Crippen LogP contribution is -2.38. The van der Waals surface area contributed by atoms with Gasteiger partial charge in [-0.1, -0.05) is 18.9 Å². The first-order chi connectivity index (χ1) is 12.0. The summed E-state index contributed by atoms with van der Waals surface area (Å²) in [5.41, 5.74) is -0.206. The third-order valence-electron chi connectivity index (χ3n) is 4.70. The Balaban J connectivity index is 1.74. The maximum atomic E-state index is 13.8. The second-order valence-electron chi connectivity index (χ2n) is 6.51. The van der Waals surface area contributed by atoms with Crippen molar-refractivity contribution >= 4 is 5.91 Å². The van der Waals surface area contributed by atoms with Crippen molar-refractivity contribution in [1.82, 2.24) is 14.7 Å². The fourth-order valence-electron chi connectivity index (χ4n) is 3.30. The van der Waals surface area contributed by atoms with Crippen LogP contribution in [-0.4, -0.2) is 45.4 Å². The van der Waals surface area contributed by atoms with Crippen LogP contribution in [0.3, 0.4) is 0 Å². The molecular formula is C18H21F2N3O2. The Bertz CT molecular complexity index is 742. The SMILES string of the molecule is CN(CC1CCCCC1O)C(=O)c1ccn(-c2c(F)cccc2F)n1. The number of hydrogen-bond acceptors (Lipinski definition) is 3. The van der Waals surface area contributed by atoms with Crippen molar-refractivity contribution in [2.45, 2.75) is 31.8 Å². The first-order valence-electron chi connectivity index (χ1n) is 8.41. The molecule has 3 rings (SSSR count). The highest BCUT2D eigenvalue weighted by Gasteiger charge is 2.26. The van der Waals surface area contributed by atoms with Gasteiger partial charge in [-0.2, -0.15) is 5.10 Å². The first kappa shape index (κ1) is 17.5. The highest BCUT2D eigenvalue weighted by atomic mass is 19.1. The summed E-state index contributed by atoms with van der Waals surface area (Å²) in [7, 11) is 1.65. The minimum Gasteiger partial charge on any atom is -0.393 e. The van der Waals surface area contributed by atoms with Gasteiger partial charge in [-0.25, -0.2) is 13.5 Å². The Kier molecular flexibility index (Phi) is 5.13. The number of halogens is 2. The topological polar surface area (TPSA) is 58.4 Å². The van der Waals surface area contributed by atoms with Gasteiger partial charge in [0, 0.05) is 25.7 Å². The molecule has 1 saturated carbocycles. The molecule has 0 bridgehead atoms. The Morgan fingerprint density at radius 1 is 1.28 bits per heavy atom. The summed E-state index contributed by atoms with van der Waals surface area (Å²) in [4.78, 5) is 14.0. The molecule has 5 nitrogen and oxygen atoms in total. The van der Waals surface area contributed by atoms with E-state index in [-0.39, 0.29) is 23.2 Å². The summed E-state index contributed by atoms with van der Waals surface area (Å²) >= 11 is 0. The van der Waals surface area contributed by atoms with E-state index in [0.29, 0.717) is 6.54 Å². The van der Waals surface area contributed by atoms with E-state index in [4.69, 9.17) is 0 Å². The highest BCUT2D eigenvalue weighted by Crippen LogP contribution is 2.25. The number of rotatable bonds is 4. The average Bonchev–Trinajstić information content (AvgIpc) is 3.05. The number of amides is 1. The third kappa shape index (κ3) is 3.71. The monoisotopic (exact) mass is 349 g/mol. The van der Waals surface area contributed by atoms with Gasteiger partial charge in [0.25, 0.3) is 5.91 Å². The molecule has 7 heteroatoms. The highest BCUT2D eigenvalue weighted by molar-refractivity contribution is 5.92. The van der Waals surface area contributed by atoms with Gasteiger partial charge in [-0.05, 0) is 31.0 Å². The van der Waals surface area contributed by atoms with Crippen LogP contribution in [0.5, 0.6) is 0 Å². The number of para-hydroxylation sites is 1. The Labute approximate surface area is 144 Å². The Morgan fingerprint density at radius 2 is 1.96 bits per heavy atom. The number of benzene rings is 1. The largest absolute Gasteiger partial charge is 0.393 e. The molecule has 1 aliphatic rings. The number of carbonyl (C=O) groups excluding carboxylic acids is 1. The van der Waals surface area contributed by atoms with Crippen LogP contribution in [-0.2, 0) is 0 Å². The van der Waals surface area contributed by atoms with Gasteiger partial charge in [0.05, 0.1) is 6.10 Å². The molecule has 0 saturated heterocycles. The molecule has 0 aliphatic heterocycles. The van der Waals surface area contributed by atoms with Gasteiger partial charge in [0.2, 0.25) is 0 Å². The van der Waals surface area contributed by atoms with E-state index in [1.807, 2.05) is 0 Å². The zero-order valence-corrected chi connectivity index (χ0v) is 14.0. The minimum atomic E-state index is -0.749. The van der Waals surface area contributed by atoms with E-state index < -0.39 is 17.7 Å². The van der Waals surface area contributed by atoms with E-state index >= 15 is 0 Å². The fraction of sp³-hybridized carbons (Fsp3) is 0.444. The summed E-state index contributed by atoms with van der Waals surface area (Å²) in [6.45, 7) is 0.431. The molecular weight excluding hydrogens is 328 g/mol. The number of nitrogens with zero attached hydrogens (tertiary/aromatic N) is 3. The number of carbonyl (C=O) groups is 1. The van der Waals surface area contributed by atoms with Crippen molar-refractivity contribution in [1.29, 1.82) is 0 Å². The fourth-order valence-corrected chi connectivity index (χ4v) is 3.30. The third-order valence-corrected chi connectivity index (χ3v) is 4.70. The normalized spacial score (nSPS) is 20.5. The molecule has 1 aromatic carbocycles. The van der Waals surface area contributed by atoms with E-state index in [0.717, 1.165) is 42.5 Å². The molecule has 2 unspecified atom stereocenters. The van der Waals surface area contributed by atoms with Crippen molar-refractivity contribution < 1.29 is 18.7 Å². The molecule has 2 atom stereocenters. The molecule has 2 aromatic rings. The summed E-state index contributed by atoms with van der Waals surface area (Å²) in [6, 6.07) is 4.98. The van der Waals surface area contributed by atoms with Gasteiger partial charge in [-0.3, -0.25) is 4.79 Å². The maximum absolute atomic E-state index is 13.8. The lowest BCUT2D eigenvalue weighted by Gasteiger charge is -2.30. The number of aromatic nitrogens is 2. The lowest BCUT2D eigenvalue weighted by molar-refractivity contribution is 0.0448. The number of aliphatic hydroxyl groups excluding tert-OH is 1. The molecule has 1 N–H and O–H groups in total. The second-order valence-corrected chi connectivity index (χ2v) is 6.51. The zero-order chi connectivity index (χ0) is 18.0. The standard InChI is InChI=1S/C18H21F2N3O2/c1-22(11-12-5-2-3-8-16(12)24)18(25)15-9-10-23(21-15)17-13(19)6-4-7-14(17)20/h4,6-7,9-10,12,16,24H,2-3,5,8,11H2,1H3. The van der Waals surface area contributed by atoms with Crippen molar-refractivity contribution in [3.8, 4) is 5.69 Å². The molecule has 25 heavy (non-hydrogen) atoms. The minimum absolute atomic E-state index is 0.0498. The van der Waals surface area contributed by atoms with Crippen molar-refractivity contribution in [2.24, 2.45) is 5.92 Å². The van der Waals surface area contributed by atoms with Gasteiger partial charge >= 0.3 is 0 Å². The van der Waals surface area contributed by atoms with Gasteiger partial charge in [-0.15, -0.1) is 0 Å². The lowest BCUT2D eigenvalue weighted by atomic mass is 9.86. The molecule has 0 radical (unpaired) electrons. The summed E-state index contributed by atoms with van der Waals surface area (Å²) in [5.74, 6) is -1.79.